The van der Waals surface area contributed by atoms with Crippen LogP contribution in [-0.2, 0) is 33.3 Å². The van der Waals surface area contributed by atoms with Crippen LogP contribution in [0.5, 0.6) is 5.88 Å². The molecule has 152 valence electrons. The zero-order chi connectivity index (χ0) is 21.3. The summed E-state index contributed by atoms with van der Waals surface area (Å²) in [5.41, 5.74) is -0.837. The minimum absolute atomic E-state index is 0.0592. The molecule has 0 aliphatic carbocycles. The molecule has 1 aliphatic heterocycles. The molecule has 2 N–H and O–H groups in total. The van der Waals surface area contributed by atoms with Gasteiger partial charge in [-0.3, -0.25) is 23.5 Å². The molecule has 2 aromatic rings. The maximum atomic E-state index is 12.6. The van der Waals surface area contributed by atoms with E-state index in [0.717, 1.165) is 15.2 Å². The van der Waals surface area contributed by atoms with Crippen LogP contribution >= 0.6 is 12.2 Å². The average molecular weight is 438 g/mol. The van der Waals surface area contributed by atoms with Crippen molar-refractivity contribution in [3.63, 3.8) is 0 Å². The minimum atomic E-state index is -4.35. The first-order chi connectivity index (χ1) is 13.6. The van der Waals surface area contributed by atoms with Crippen LogP contribution in [0.2, 0.25) is 0 Å². The standard InChI is InChI=1S/C16H14N4O7S2/c1-19-13(21)10(14(22)20(16(19)28)6-7-29(24,25)26)8-9-12(18-27-15(9)23)11-4-2-3-5-17-11/h2-5,8,22H,6-7H2,1H3,(H,24,25,26)/b9-8-. The predicted molar refractivity (Wildman–Crippen MR) is 103 cm³/mol. The van der Waals surface area contributed by atoms with Gasteiger partial charge in [0.05, 0.1) is 17.0 Å². The van der Waals surface area contributed by atoms with Gasteiger partial charge in [0.15, 0.2) is 4.77 Å². The molecule has 3 heterocycles. The van der Waals surface area contributed by atoms with Gasteiger partial charge in [-0.2, -0.15) is 8.42 Å². The van der Waals surface area contributed by atoms with E-state index in [-0.39, 0.29) is 21.6 Å². The van der Waals surface area contributed by atoms with Crippen molar-refractivity contribution < 1.29 is 27.7 Å². The Kier molecular flexibility index (Phi) is 5.46. The third-order valence-electron chi connectivity index (χ3n) is 4.01. The number of carbonyl (C=O) groups excluding carboxylic acids is 1. The van der Waals surface area contributed by atoms with Gasteiger partial charge in [0, 0.05) is 19.8 Å². The Balaban J connectivity index is 2.17. The second-order valence-corrected chi connectivity index (χ2v) is 7.85. The van der Waals surface area contributed by atoms with Gasteiger partial charge < -0.3 is 9.94 Å². The molecular formula is C16H14N4O7S2. The lowest BCUT2D eigenvalue weighted by molar-refractivity contribution is -0.136. The third kappa shape index (κ3) is 4.16. The molecule has 0 saturated heterocycles. The molecule has 0 spiro atoms. The summed E-state index contributed by atoms with van der Waals surface area (Å²) in [6, 6.07) is 4.90. The van der Waals surface area contributed by atoms with E-state index in [4.69, 9.17) is 16.8 Å². The number of pyridine rings is 1. The van der Waals surface area contributed by atoms with Crippen molar-refractivity contribution in [2.75, 3.05) is 5.75 Å². The minimum Gasteiger partial charge on any atom is -0.494 e. The van der Waals surface area contributed by atoms with Crippen LogP contribution in [0.4, 0.5) is 0 Å². The van der Waals surface area contributed by atoms with Gasteiger partial charge in [-0.1, -0.05) is 11.2 Å². The molecule has 0 saturated carbocycles. The van der Waals surface area contributed by atoms with Crippen LogP contribution in [0, 0.1) is 4.77 Å². The van der Waals surface area contributed by atoms with E-state index in [1.165, 1.54) is 13.2 Å². The summed E-state index contributed by atoms with van der Waals surface area (Å²) in [5, 5.41) is 14.2. The lowest BCUT2D eigenvalue weighted by atomic mass is 10.1. The van der Waals surface area contributed by atoms with Crippen molar-refractivity contribution in [2.45, 2.75) is 6.54 Å². The van der Waals surface area contributed by atoms with E-state index >= 15 is 0 Å². The molecule has 29 heavy (non-hydrogen) atoms. The van der Waals surface area contributed by atoms with Crippen molar-refractivity contribution in [3.8, 4) is 5.88 Å². The Bertz CT molecular complexity index is 1270. The number of hydrogen-bond acceptors (Lipinski definition) is 9. The highest BCUT2D eigenvalue weighted by Gasteiger charge is 2.29. The number of aromatic hydroxyl groups is 1. The van der Waals surface area contributed by atoms with Crippen LogP contribution in [-0.4, -0.2) is 49.6 Å². The number of carbonyl (C=O) groups is 1. The zero-order valence-electron chi connectivity index (χ0n) is 14.8. The summed E-state index contributed by atoms with van der Waals surface area (Å²) in [4.78, 5) is 33.5. The number of aromatic nitrogens is 3. The molecule has 0 radical (unpaired) electrons. The van der Waals surface area contributed by atoms with E-state index < -0.39 is 39.8 Å². The molecule has 1 aliphatic rings. The second-order valence-electron chi connectivity index (χ2n) is 5.91. The zero-order valence-corrected chi connectivity index (χ0v) is 16.5. The first kappa shape index (κ1) is 20.6. The third-order valence-corrected chi connectivity index (χ3v) is 5.21. The van der Waals surface area contributed by atoms with Gasteiger partial charge in [0.25, 0.3) is 15.7 Å². The molecule has 3 rings (SSSR count). The van der Waals surface area contributed by atoms with Crippen molar-refractivity contribution in [1.29, 1.82) is 0 Å². The van der Waals surface area contributed by atoms with Gasteiger partial charge >= 0.3 is 5.97 Å². The largest absolute Gasteiger partial charge is 0.494 e. The van der Waals surface area contributed by atoms with Crippen molar-refractivity contribution in [2.24, 2.45) is 12.2 Å². The number of rotatable bonds is 5. The van der Waals surface area contributed by atoms with E-state index in [2.05, 4.69) is 15.0 Å². The van der Waals surface area contributed by atoms with Crippen molar-refractivity contribution in [3.05, 3.63) is 56.4 Å². The summed E-state index contributed by atoms with van der Waals surface area (Å²) in [6.45, 7) is -0.417. The van der Waals surface area contributed by atoms with Crippen molar-refractivity contribution >= 4 is 40.1 Å². The van der Waals surface area contributed by atoms with Crippen LogP contribution in [0.1, 0.15) is 11.3 Å². The SMILES string of the molecule is Cn1c(=O)c(/C=C2\C(=O)ON=C2c2ccccn2)c(O)n(CCS(=O)(=O)O)c1=S. The second kappa shape index (κ2) is 7.69. The van der Waals surface area contributed by atoms with Gasteiger partial charge in [0.1, 0.15) is 11.3 Å². The van der Waals surface area contributed by atoms with Crippen molar-refractivity contribution in [1.82, 2.24) is 14.1 Å². The Hall–Kier alpha value is -3.16. The molecular weight excluding hydrogens is 424 g/mol. The molecule has 0 aromatic carbocycles. The Morgan fingerprint density at radius 3 is 2.66 bits per heavy atom. The fourth-order valence-corrected chi connectivity index (χ4v) is 3.23. The van der Waals surface area contributed by atoms with Crippen LogP contribution in [0.25, 0.3) is 6.08 Å². The molecule has 0 unspecified atom stereocenters. The molecule has 13 heteroatoms. The lowest BCUT2D eigenvalue weighted by Crippen LogP contribution is -2.27. The van der Waals surface area contributed by atoms with E-state index in [9.17, 15) is 23.1 Å². The fourth-order valence-electron chi connectivity index (χ4n) is 2.56. The van der Waals surface area contributed by atoms with Crippen LogP contribution < -0.4 is 5.56 Å². The first-order valence-electron chi connectivity index (χ1n) is 8.01. The smallest absolute Gasteiger partial charge is 0.368 e. The quantitative estimate of drug-likeness (QED) is 0.289. The highest BCUT2D eigenvalue weighted by molar-refractivity contribution is 7.85. The fraction of sp³-hybridized carbons (Fsp3) is 0.188. The van der Waals surface area contributed by atoms with E-state index in [1.807, 2.05) is 0 Å². The highest BCUT2D eigenvalue weighted by Crippen LogP contribution is 2.23. The maximum Gasteiger partial charge on any atom is 0.368 e. The number of oxime groups is 1. The molecule has 2 aromatic heterocycles. The molecule has 0 atom stereocenters. The summed E-state index contributed by atoms with van der Waals surface area (Å²) >= 11 is 5.07. The number of nitrogens with zero attached hydrogens (tertiary/aromatic N) is 4. The van der Waals surface area contributed by atoms with Gasteiger partial charge in [-0.15, -0.1) is 0 Å². The van der Waals surface area contributed by atoms with Gasteiger partial charge in [0.2, 0.25) is 5.88 Å². The highest BCUT2D eigenvalue weighted by atomic mass is 32.2. The first-order valence-corrected chi connectivity index (χ1v) is 10.0. The van der Waals surface area contributed by atoms with E-state index in [1.54, 1.807) is 18.2 Å². The predicted octanol–water partition coefficient (Wildman–Crippen LogP) is 0.249. The van der Waals surface area contributed by atoms with Gasteiger partial charge in [-0.25, -0.2) is 4.79 Å². The maximum absolute atomic E-state index is 12.6. The Morgan fingerprint density at radius 2 is 2.03 bits per heavy atom. The summed E-state index contributed by atoms with van der Waals surface area (Å²) in [5.74, 6) is -2.28. The van der Waals surface area contributed by atoms with Crippen LogP contribution in [0.15, 0.2) is 39.9 Å². The van der Waals surface area contributed by atoms with Gasteiger partial charge in [-0.05, 0) is 30.4 Å². The van der Waals surface area contributed by atoms with Crippen LogP contribution in [0.3, 0.4) is 0 Å². The molecule has 0 fully saturated rings. The normalized spacial score (nSPS) is 15.4. The summed E-state index contributed by atoms with van der Waals surface area (Å²) in [6.07, 6.45) is 2.54. The lowest BCUT2D eigenvalue weighted by Gasteiger charge is -2.13. The number of hydrogen-bond donors (Lipinski definition) is 2. The summed E-state index contributed by atoms with van der Waals surface area (Å²) < 4.78 is 32.8. The average Bonchev–Trinajstić information content (AvgIpc) is 3.03. The monoisotopic (exact) mass is 438 g/mol. The summed E-state index contributed by atoms with van der Waals surface area (Å²) in [7, 11) is -3.03. The Labute approximate surface area is 168 Å². The Morgan fingerprint density at radius 1 is 1.31 bits per heavy atom. The molecule has 0 bridgehead atoms. The van der Waals surface area contributed by atoms with E-state index in [0.29, 0.717) is 5.69 Å². The topological polar surface area (TPSA) is 153 Å². The molecule has 0 amide bonds. The molecule has 11 nitrogen and oxygen atoms in total.